The summed E-state index contributed by atoms with van der Waals surface area (Å²) in [5.41, 5.74) is 1.49. The smallest absolute Gasteiger partial charge is 0.251 e. The molecule has 0 aromatic heterocycles. The summed E-state index contributed by atoms with van der Waals surface area (Å²) in [5.74, 6) is 1.40. The molecule has 1 N–H and O–H groups in total. The molecule has 3 atom stereocenters. The van der Waals surface area contributed by atoms with E-state index < -0.39 is 10.0 Å². The van der Waals surface area contributed by atoms with E-state index in [-0.39, 0.29) is 12.5 Å². The van der Waals surface area contributed by atoms with Gasteiger partial charge in [0, 0.05) is 24.7 Å². The first-order valence-electron chi connectivity index (χ1n) is 10.4. The van der Waals surface area contributed by atoms with Crippen molar-refractivity contribution in [2.75, 3.05) is 6.54 Å². The second-order valence-electron chi connectivity index (χ2n) is 8.20. The van der Waals surface area contributed by atoms with Crippen LogP contribution >= 0.6 is 0 Å². The maximum atomic E-state index is 12.9. The molecule has 5 nitrogen and oxygen atoms in total. The van der Waals surface area contributed by atoms with Crippen LogP contribution in [0.1, 0.15) is 48.5 Å². The molecule has 0 spiro atoms. The standard InChI is InChI=1S/C23H28N2O3S/c1-2-25(29(27,28)21-6-4-3-5-7-21)16-17-8-11-19(12-9-17)23(26)24-22-15-18-10-13-20(22)14-18/h3-9,11-12,18,20,22H,2,10,13-16H2,1H3,(H,24,26)/t18-,20-,22-/m1/s1. The highest BCUT2D eigenvalue weighted by Crippen LogP contribution is 2.44. The quantitative estimate of drug-likeness (QED) is 0.752. The van der Waals surface area contributed by atoms with Crippen LogP contribution in [0.3, 0.4) is 0 Å². The van der Waals surface area contributed by atoms with Crippen molar-refractivity contribution in [2.45, 2.75) is 50.1 Å². The Balaban J connectivity index is 1.41. The summed E-state index contributed by atoms with van der Waals surface area (Å²) in [7, 11) is -3.54. The van der Waals surface area contributed by atoms with E-state index in [1.54, 1.807) is 42.5 Å². The van der Waals surface area contributed by atoms with Crippen molar-refractivity contribution >= 4 is 15.9 Å². The van der Waals surface area contributed by atoms with Gasteiger partial charge in [-0.05, 0) is 60.9 Å². The van der Waals surface area contributed by atoms with Gasteiger partial charge in [0.25, 0.3) is 5.91 Å². The number of carbonyl (C=O) groups excluding carboxylic acids is 1. The third kappa shape index (κ3) is 4.23. The molecule has 0 aliphatic heterocycles. The Bertz CT molecular complexity index is 957. The van der Waals surface area contributed by atoms with Gasteiger partial charge >= 0.3 is 0 Å². The molecule has 29 heavy (non-hydrogen) atoms. The fraction of sp³-hybridized carbons (Fsp3) is 0.435. The predicted octanol–water partition coefficient (Wildman–Crippen LogP) is 3.82. The molecule has 154 valence electrons. The van der Waals surface area contributed by atoms with Gasteiger partial charge in [-0.1, -0.05) is 43.7 Å². The maximum Gasteiger partial charge on any atom is 0.251 e. The van der Waals surface area contributed by atoms with E-state index in [0.717, 1.165) is 17.9 Å². The molecule has 2 aromatic carbocycles. The van der Waals surface area contributed by atoms with Gasteiger partial charge in [0.05, 0.1) is 4.90 Å². The molecule has 0 radical (unpaired) electrons. The first-order valence-corrected chi connectivity index (χ1v) is 11.9. The molecular formula is C23H28N2O3S. The lowest BCUT2D eigenvalue weighted by molar-refractivity contribution is 0.0923. The Kier molecular flexibility index (Phi) is 5.74. The fourth-order valence-corrected chi connectivity index (χ4v) is 6.20. The van der Waals surface area contributed by atoms with Crippen molar-refractivity contribution in [1.29, 1.82) is 0 Å². The largest absolute Gasteiger partial charge is 0.349 e. The van der Waals surface area contributed by atoms with Crippen molar-refractivity contribution in [3.63, 3.8) is 0 Å². The number of fused-ring (bicyclic) bond motifs is 2. The van der Waals surface area contributed by atoms with E-state index in [0.29, 0.717) is 29.0 Å². The highest BCUT2D eigenvalue weighted by molar-refractivity contribution is 7.89. The molecule has 2 saturated carbocycles. The number of nitrogens with one attached hydrogen (secondary N) is 1. The van der Waals surface area contributed by atoms with E-state index in [1.165, 1.54) is 23.6 Å². The lowest BCUT2D eigenvalue weighted by atomic mass is 9.95. The van der Waals surface area contributed by atoms with Crippen LogP contribution in [-0.2, 0) is 16.6 Å². The Morgan fingerprint density at radius 2 is 1.76 bits per heavy atom. The second-order valence-corrected chi connectivity index (χ2v) is 10.1. The zero-order valence-electron chi connectivity index (χ0n) is 16.8. The molecule has 1 amide bonds. The molecular weight excluding hydrogens is 384 g/mol. The highest BCUT2D eigenvalue weighted by atomic mass is 32.2. The van der Waals surface area contributed by atoms with Crippen LogP contribution in [0, 0.1) is 11.8 Å². The van der Waals surface area contributed by atoms with Gasteiger partial charge in [0.15, 0.2) is 0 Å². The number of benzene rings is 2. The topological polar surface area (TPSA) is 66.5 Å². The molecule has 2 aromatic rings. The van der Waals surface area contributed by atoms with Crippen molar-refractivity contribution in [3.8, 4) is 0 Å². The first kappa shape index (κ1) is 20.1. The molecule has 2 fully saturated rings. The van der Waals surface area contributed by atoms with Crippen molar-refractivity contribution in [2.24, 2.45) is 11.8 Å². The average molecular weight is 413 g/mol. The minimum Gasteiger partial charge on any atom is -0.349 e. The van der Waals surface area contributed by atoms with Gasteiger partial charge in [-0.2, -0.15) is 4.31 Å². The van der Waals surface area contributed by atoms with Crippen LogP contribution in [0.15, 0.2) is 59.5 Å². The van der Waals surface area contributed by atoms with Crippen LogP contribution < -0.4 is 5.32 Å². The van der Waals surface area contributed by atoms with Gasteiger partial charge in [0.2, 0.25) is 10.0 Å². The van der Waals surface area contributed by atoms with Crippen molar-refractivity contribution in [3.05, 3.63) is 65.7 Å². The molecule has 6 heteroatoms. The van der Waals surface area contributed by atoms with E-state index in [2.05, 4.69) is 5.32 Å². The molecule has 0 unspecified atom stereocenters. The van der Waals surface area contributed by atoms with Crippen LogP contribution in [-0.4, -0.2) is 31.2 Å². The summed E-state index contributed by atoms with van der Waals surface area (Å²) in [4.78, 5) is 12.9. The normalized spacial score (nSPS) is 23.4. The van der Waals surface area contributed by atoms with Gasteiger partial charge < -0.3 is 5.32 Å². The van der Waals surface area contributed by atoms with Crippen LogP contribution in [0.25, 0.3) is 0 Å². The number of nitrogens with zero attached hydrogens (tertiary/aromatic N) is 1. The molecule has 2 aliphatic carbocycles. The van der Waals surface area contributed by atoms with Crippen LogP contribution in [0.5, 0.6) is 0 Å². The van der Waals surface area contributed by atoms with Gasteiger partial charge in [0.1, 0.15) is 0 Å². The third-order valence-corrected chi connectivity index (χ3v) is 8.30. The highest BCUT2D eigenvalue weighted by Gasteiger charge is 2.40. The summed E-state index contributed by atoms with van der Waals surface area (Å²) >= 11 is 0. The van der Waals surface area contributed by atoms with Crippen molar-refractivity contribution in [1.82, 2.24) is 9.62 Å². The number of rotatable bonds is 7. The fourth-order valence-electron chi connectivity index (χ4n) is 4.75. The Hall–Kier alpha value is -2.18. The lowest BCUT2D eigenvalue weighted by Gasteiger charge is -2.23. The number of hydrogen-bond donors (Lipinski definition) is 1. The predicted molar refractivity (Wildman–Crippen MR) is 113 cm³/mol. The number of amides is 1. The average Bonchev–Trinajstić information content (AvgIpc) is 3.36. The molecule has 2 aliphatic rings. The molecule has 4 rings (SSSR count). The van der Waals surface area contributed by atoms with E-state index in [1.807, 2.05) is 19.1 Å². The molecule has 0 heterocycles. The van der Waals surface area contributed by atoms with Crippen LogP contribution in [0.4, 0.5) is 0 Å². The Morgan fingerprint density at radius 3 is 2.34 bits per heavy atom. The van der Waals surface area contributed by atoms with Crippen LogP contribution in [0.2, 0.25) is 0 Å². The summed E-state index contributed by atoms with van der Waals surface area (Å²) in [6, 6.07) is 16.1. The minimum absolute atomic E-state index is 0.0293. The number of sulfonamides is 1. The summed E-state index contributed by atoms with van der Waals surface area (Å²) in [5, 5.41) is 3.20. The summed E-state index contributed by atoms with van der Waals surface area (Å²) < 4.78 is 27.2. The number of hydrogen-bond acceptors (Lipinski definition) is 3. The van der Waals surface area contributed by atoms with Gasteiger partial charge in [-0.3, -0.25) is 4.79 Å². The summed E-state index contributed by atoms with van der Waals surface area (Å²) in [6.45, 7) is 2.49. The van der Waals surface area contributed by atoms with E-state index >= 15 is 0 Å². The third-order valence-electron chi connectivity index (χ3n) is 6.36. The number of carbonyl (C=O) groups is 1. The Labute approximate surface area is 173 Å². The van der Waals surface area contributed by atoms with Gasteiger partial charge in [-0.25, -0.2) is 8.42 Å². The Morgan fingerprint density at radius 1 is 1.03 bits per heavy atom. The lowest BCUT2D eigenvalue weighted by Crippen LogP contribution is -2.38. The van der Waals surface area contributed by atoms with E-state index in [4.69, 9.17) is 0 Å². The van der Waals surface area contributed by atoms with E-state index in [9.17, 15) is 13.2 Å². The first-order chi connectivity index (χ1) is 14.0. The SMILES string of the molecule is CCN(Cc1ccc(C(=O)N[C@@H]2C[C@@H]3CC[C@@H]2C3)cc1)S(=O)(=O)c1ccccc1. The zero-order valence-corrected chi connectivity index (χ0v) is 17.6. The summed E-state index contributed by atoms with van der Waals surface area (Å²) in [6.07, 6.45) is 4.91. The van der Waals surface area contributed by atoms with Crippen molar-refractivity contribution < 1.29 is 13.2 Å². The minimum atomic E-state index is -3.54. The monoisotopic (exact) mass is 412 g/mol. The maximum absolute atomic E-state index is 12.9. The molecule has 2 bridgehead atoms. The molecule has 0 saturated heterocycles. The zero-order chi connectivity index (χ0) is 20.4. The second kappa shape index (κ2) is 8.28. The van der Waals surface area contributed by atoms with Gasteiger partial charge in [-0.15, -0.1) is 0 Å².